The summed E-state index contributed by atoms with van der Waals surface area (Å²) in [6, 6.07) is 9.29. The Kier molecular flexibility index (Phi) is 5.87. The molecule has 2 aromatic carbocycles. The van der Waals surface area contributed by atoms with Gasteiger partial charge in [-0.3, -0.25) is 9.59 Å². The lowest BCUT2D eigenvalue weighted by molar-refractivity contribution is 0.0988. The van der Waals surface area contributed by atoms with E-state index in [0.717, 1.165) is 0 Å². The zero-order valence-corrected chi connectivity index (χ0v) is 16.9. The van der Waals surface area contributed by atoms with Crippen molar-refractivity contribution >= 4 is 22.4 Å². The number of fused-ring (bicyclic) bond motifs is 1. The largest absolute Gasteiger partial charge is 0.493 e. The molecule has 1 aromatic heterocycles. The summed E-state index contributed by atoms with van der Waals surface area (Å²) in [5.41, 5.74) is 0.226. The number of carbonyl (C=O) groups is 1. The van der Waals surface area contributed by atoms with E-state index in [0.29, 0.717) is 28.8 Å². The number of carbonyl (C=O) groups excluding carboxylic acids is 1. The maximum Gasteiger partial charge on any atom is 0.260 e. The quantitative estimate of drug-likeness (QED) is 0.633. The van der Waals surface area contributed by atoms with Gasteiger partial charge in [-0.2, -0.15) is 0 Å². The Morgan fingerprint density at radius 1 is 1.07 bits per heavy atom. The molecule has 0 bridgehead atoms. The van der Waals surface area contributed by atoms with Crippen molar-refractivity contribution in [2.45, 2.75) is 20.4 Å². The fraction of sp³-hybridized carbons (Fsp3) is 0.273. The summed E-state index contributed by atoms with van der Waals surface area (Å²) in [5, 5.41) is 0.761. The maximum absolute atomic E-state index is 14.4. The average Bonchev–Trinajstić information content (AvgIpc) is 2.74. The Bertz CT molecular complexity index is 1120. The maximum atomic E-state index is 14.4. The molecule has 152 valence electrons. The average molecular weight is 398 g/mol. The van der Waals surface area contributed by atoms with Crippen LogP contribution in [0.25, 0.3) is 10.8 Å². The molecule has 3 aromatic rings. The van der Waals surface area contributed by atoms with Gasteiger partial charge < -0.3 is 18.9 Å². The molecule has 1 heterocycles. The molecule has 0 unspecified atom stereocenters. The lowest BCUT2D eigenvalue weighted by atomic mass is 10.0. The number of amides is 1. The van der Waals surface area contributed by atoms with Gasteiger partial charge >= 0.3 is 0 Å². The van der Waals surface area contributed by atoms with Crippen LogP contribution in [-0.4, -0.2) is 31.2 Å². The summed E-state index contributed by atoms with van der Waals surface area (Å²) >= 11 is 0. The van der Waals surface area contributed by atoms with Crippen molar-refractivity contribution in [3.05, 3.63) is 64.3 Å². The third-order valence-electron chi connectivity index (χ3n) is 4.87. The molecule has 3 rings (SSSR count). The van der Waals surface area contributed by atoms with Gasteiger partial charge in [0, 0.05) is 24.7 Å². The number of anilines is 1. The molecular formula is C22H23FN2O4. The van der Waals surface area contributed by atoms with Crippen LogP contribution in [-0.2, 0) is 6.54 Å². The van der Waals surface area contributed by atoms with Gasteiger partial charge in [-0.05, 0) is 38.1 Å². The summed E-state index contributed by atoms with van der Waals surface area (Å²) in [7, 11) is 2.96. The SMILES string of the molecule is CCN(C(=O)c1cn(CC)c(=O)c2cc(OC)c(OC)cc12)c1ccccc1F. The predicted molar refractivity (Wildman–Crippen MR) is 111 cm³/mol. The molecule has 7 heteroatoms. The molecular weight excluding hydrogens is 375 g/mol. The minimum Gasteiger partial charge on any atom is -0.493 e. The van der Waals surface area contributed by atoms with Crippen LogP contribution in [0.4, 0.5) is 10.1 Å². The first-order chi connectivity index (χ1) is 14.0. The van der Waals surface area contributed by atoms with Crippen LogP contribution in [0.15, 0.2) is 47.4 Å². The first-order valence-corrected chi connectivity index (χ1v) is 9.32. The molecule has 0 saturated heterocycles. The number of rotatable bonds is 6. The van der Waals surface area contributed by atoms with E-state index in [-0.39, 0.29) is 23.4 Å². The van der Waals surface area contributed by atoms with Crippen molar-refractivity contribution in [2.24, 2.45) is 0 Å². The van der Waals surface area contributed by atoms with Gasteiger partial charge in [0.15, 0.2) is 11.5 Å². The van der Waals surface area contributed by atoms with E-state index < -0.39 is 11.7 Å². The van der Waals surface area contributed by atoms with Crippen LogP contribution in [0.5, 0.6) is 11.5 Å². The number of ether oxygens (including phenoxy) is 2. The summed E-state index contributed by atoms with van der Waals surface area (Å²) in [6.45, 7) is 4.23. The van der Waals surface area contributed by atoms with Crippen LogP contribution >= 0.6 is 0 Å². The van der Waals surface area contributed by atoms with E-state index in [1.807, 2.05) is 6.92 Å². The third-order valence-corrected chi connectivity index (χ3v) is 4.87. The minimum atomic E-state index is -0.491. The molecule has 0 saturated carbocycles. The molecule has 0 aliphatic rings. The number of nitrogens with zero attached hydrogens (tertiary/aromatic N) is 2. The van der Waals surface area contributed by atoms with Gasteiger partial charge in [0.1, 0.15) is 5.82 Å². The molecule has 0 fully saturated rings. The third kappa shape index (κ3) is 3.55. The molecule has 0 aliphatic heterocycles. The van der Waals surface area contributed by atoms with Gasteiger partial charge in [-0.25, -0.2) is 4.39 Å². The van der Waals surface area contributed by atoms with E-state index in [4.69, 9.17) is 9.47 Å². The fourth-order valence-corrected chi connectivity index (χ4v) is 3.36. The second kappa shape index (κ2) is 8.34. The van der Waals surface area contributed by atoms with Crippen LogP contribution in [0.2, 0.25) is 0 Å². The summed E-state index contributed by atoms with van der Waals surface area (Å²) in [4.78, 5) is 27.6. The van der Waals surface area contributed by atoms with Gasteiger partial charge in [-0.1, -0.05) is 12.1 Å². The first kappa shape index (κ1) is 20.4. The molecule has 1 amide bonds. The number of benzene rings is 2. The van der Waals surface area contributed by atoms with Crippen LogP contribution < -0.4 is 19.9 Å². The molecule has 0 spiro atoms. The molecule has 6 nitrogen and oxygen atoms in total. The van der Waals surface area contributed by atoms with E-state index >= 15 is 0 Å². The number of aryl methyl sites for hydroxylation is 1. The highest BCUT2D eigenvalue weighted by Gasteiger charge is 2.24. The van der Waals surface area contributed by atoms with Crippen molar-refractivity contribution in [2.75, 3.05) is 25.7 Å². The summed E-state index contributed by atoms with van der Waals surface area (Å²) in [5.74, 6) is -0.102. The zero-order valence-electron chi connectivity index (χ0n) is 16.9. The molecule has 0 N–H and O–H groups in total. The highest BCUT2D eigenvalue weighted by atomic mass is 19.1. The minimum absolute atomic E-state index is 0.183. The molecule has 0 aliphatic carbocycles. The van der Waals surface area contributed by atoms with Gasteiger partial charge in [0.05, 0.1) is 30.9 Å². The Hall–Kier alpha value is -3.35. The number of methoxy groups -OCH3 is 2. The number of halogens is 1. The van der Waals surface area contributed by atoms with Gasteiger partial charge in [0.2, 0.25) is 0 Å². The van der Waals surface area contributed by atoms with Crippen LogP contribution in [0.1, 0.15) is 24.2 Å². The number of para-hydroxylation sites is 1. The lowest BCUT2D eigenvalue weighted by Gasteiger charge is -2.23. The Labute approximate surface area is 168 Å². The number of aromatic nitrogens is 1. The van der Waals surface area contributed by atoms with Crippen LogP contribution in [0, 0.1) is 5.82 Å². The highest BCUT2D eigenvalue weighted by Crippen LogP contribution is 2.33. The number of hydrogen-bond acceptors (Lipinski definition) is 4. The Balaban J connectivity index is 2.29. The second-order valence-corrected chi connectivity index (χ2v) is 6.39. The lowest BCUT2D eigenvalue weighted by Crippen LogP contribution is -2.33. The molecule has 29 heavy (non-hydrogen) atoms. The van der Waals surface area contributed by atoms with Gasteiger partial charge in [-0.15, -0.1) is 0 Å². The molecule has 0 atom stereocenters. The van der Waals surface area contributed by atoms with Gasteiger partial charge in [0.25, 0.3) is 11.5 Å². The van der Waals surface area contributed by atoms with E-state index in [1.165, 1.54) is 35.9 Å². The van der Waals surface area contributed by atoms with Crippen LogP contribution in [0.3, 0.4) is 0 Å². The van der Waals surface area contributed by atoms with Crippen molar-refractivity contribution in [1.29, 1.82) is 0 Å². The van der Waals surface area contributed by atoms with Crippen molar-refractivity contribution < 1.29 is 18.7 Å². The first-order valence-electron chi connectivity index (χ1n) is 9.32. The fourth-order valence-electron chi connectivity index (χ4n) is 3.36. The Morgan fingerprint density at radius 3 is 2.24 bits per heavy atom. The van der Waals surface area contributed by atoms with Crippen molar-refractivity contribution in [3.8, 4) is 11.5 Å². The second-order valence-electron chi connectivity index (χ2n) is 6.39. The number of hydrogen-bond donors (Lipinski definition) is 0. The zero-order chi connectivity index (χ0) is 21.1. The molecule has 0 radical (unpaired) electrons. The van der Waals surface area contributed by atoms with E-state index in [2.05, 4.69) is 0 Å². The summed E-state index contributed by atoms with van der Waals surface area (Å²) < 4.78 is 26.5. The summed E-state index contributed by atoms with van der Waals surface area (Å²) in [6.07, 6.45) is 1.52. The topological polar surface area (TPSA) is 60.8 Å². The smallest absolute Gasteiger partial charge is 0.260 e. The normalized spacial score (nSPS) is 10.8. The van der Waals surface area contributed by atoms with Crippen molar-refractivity contribution in [3.63, 3.8) is 0 Å². The van der Waals surface area contributed by atoms with E-state index in [9.17, 15) is 14.0 Å². The monoisotopic (exact) mass is 398 g/mol. The Morgan fingerprint density at radius 2 is 1.69 bits per heavy atom. The standard InChI is InChI=1S/C22H23FN2O4/c1-5-24-13-16(22(27)25(6-2)18-10-8-7-9-17(18)23)14-11-19(28-3)20(29-4)12-15(14)21(24)26/h7-13H,5-6H2,1-4H3. The highest BCUT2D eigenvalue weighted by molar-refractivity contribution is 6.14. The van der Waals surface area contributed by atoms with Crippen molar-refractivity contribution in [1.82, 2.24) is 4.57 Å². The van der Waals surface area contributed by atoms with E-state index in [1.54, 1.807) is 37.3 Å². The number of pyridine rings is 1. The predicted octanol–water partition coefficient (Wildman–Crippen LogP) is 3.84.